The Bertz CT molecular complexity index is 1710. The summed E-state index contributed by atoms with van der Waals surface area (Å²) >= 11 is 1.37. The predicted octanol–water partition coefficient (Wildman–Crippen LogP) is 7.34. The lowest BCUT2D eigenvalue weighted by molar-refractivity contribution is -0.121. The van der Waals surface area contributed by atoms with Crippen LogP contribution in [-0.2, 0) is 16.6 Å². The molecule has 5 nitrogen and oxygen atoms in total. The molecule has 1 aromatic heterocycles. The van der Waals surface area contributed by atoms with Crippen LogP contribution in [0.25, 0.3) is 6.08 Å². The molecule has 42 heavy (non-hydrogen) atoms. The number of anilines is 2. The SMILES string of the molecule is CCCCCc1ccc(C(=O)C2C(C(=O)c3cccs3)N3c4ccccc4C=CC3C23C(=O)Nc2ccccc23)cc1. The van der Waals surface area contributed by atoms with Crippen molar-refractivity contribution >= 4 is 46.3 Å². The molecule has 0 bridgehead atoms. The summed E-state index contributed by atoms with van der Waals surface area (Å²) < 4.78 is 0. The largest absolute Gasteiger partial charge is 0.352 e. The number of benzene rings is 3. The maximum Gasteiger partial charge on any atom is 0.238 e. The van der Waals surface area contributed by atoms with Gasteiger partial charge in [-0.15, -0.1) is 11.3 Å². The third kappa shape index (κ3) is 3.92. The molecule has 210 valence electrons. The standard InChI is InChI=1S/C36H32N2O3S/c1-2-3-4-10-23-16-18-25(19-17-23)33(39)31-32(34(40)29-15-9-22-42-29)38-28-14-8-5-11-24(28)20-21-30(38)36(31)26-12-6-7-13-27(26)37-35(36)41/h5-9,11-22,30-32H,2-4,10H2,1H3,(H,37,41). The molecule has 4 atom stereocenters. The molecule has 4 aromatic rings. The van der Waals surface area contributed by atoms with Crippen LogP contribution in [0.1, 0.15) is 62.9 Å². The van der Waals surface area contributed by atoms with Crippen molar-refractivity contribution in [1.82, 2.24) is 0 Å². The van der Waals surface area contributed by atoms with E-state index in [9.17, 15) is 14.4 Å². The fraction of sp³-hybridized carbons (Fsp3) is 0.250. The molecule has 4 unspecified atom stereocenters. The average molecular weight is 573 g/mol. The first-order valence-electron chi connectivity index (χ1n) is 14.7. The summed E-state index contributed by atoms with van der Waals surface area (Å²) in [5, 5.41) is 4.98. The molecule has 3 aliphatic rings. The molecule has 1 N–H and O–H groups in total. The number of hydrogen-bond donors (Lipinski definition) is 1. The Balaban J connectivity index is 1.43. The summed E-state index contributed by atoms with van der Waals surface area (Å²) in [6.07, 6.45) is 8.42. The van der Waals surface area contributed by atoms with E-state index in [1.165, 1.54) is 23.3 Å². The molecular formula is C36H32N2O3S. The van der Waals surface area contributed by atoms with Crippen molar-refractivity contribution in [2.24, 2.45) is 5.92 Å². The summed E-state index contributed by atoms with van der Waals surface area (Å²) in [6.45, 7) is 2.19. The second-order valence-electron chi connectivity index (χ2n) is 11.4. The van der Waals surface area contributed by atoms with Gasteiger partial charge in [-0.3, -0.25) is 14.4 Å². The number of rotatable bonds is 8. The molecule has 0 saturated carbocycles. The molecule has 0 radical (unpaired) electrons. The highest BCUT2D eigenvalue weighted by Crippen LogP contribution is 2.58. The molecule has 4 heterocycles. The Morgan fingerprint density at radius 1 is 0.905 bits per heavy atom. The predicted molar refractivity (Wildman–Crippen MR) is 168 cm³/mol. The van der Waals surface area contributed by atoms with Crippen molar-refractivity contribution < 1.29 is 14.4 Å². The van der Waals surface area contributed by atoms with Gasteiger partial charge in [0, 0.05) is 16.9 Å². The van der Waals surface area contributed by atoms with E-state index in [-0.39, 0.29) is 17.5 Å². The first-order chi connectivity index (χ1) is 20.6. The molecule has 3 aromatic carbocycles. The smallest absolute Gasteiger partial charge is 0.238 e. The Labute approximate surface area is 249 Å². The third-order valence-corrected chi connectivity index (χ3v) is 10.0. The number of ketones is 2. The van der Waals surface area contributed by atoms with Crippen LogP contribution in [0.5, 0.6) is 0 Å². The lowest BCUT2D eigenvalue weighted by Crippen LogP contribution is -2.51. The summed E-state index contributed by atoms with van der Waals surface area (Å²) in [5.74, 6) is -1.50. The van der Waals surface area contributed by atoms with Crippen molar-refractivity contribution in [3.05, 3.63) is 124 Å². The number of carbonyl (C=O) groups excluding carboxylic acids is 3. The van der Waals surface area contributed by atoms with Crippen LogP contribution in [0.4, 0.5) is 11.4 Å². The van der Waals surface area contributed by atoms with E-state index in [0.717, 1.165) is 36.1 Å². The highest BCUT2D eigenvalue weighted by molar-refractivity contribution is 7.12. The zero-order valence-corrected chi connectivity index (χ0v) is 24.3. The molecule has 3 aliphatic heterocycles. The highest BCUT2D eigenvalue weighted by atomic mass is 32.1. The van der Waals surface area contributed by atoms with Crippen LogP contribution in [0, 0.1) is 5.92 Å². The Kier molecular flexibility index (Phi) is 6.66. The topological polar surface area (TPSA) is 66.5 Å². The van der Waals surface area contributed by atoms with Crippen LogP contribution in [0.3, 0.4) is 0 Å². The van der Waals surface area contributed by atoms with Crippen molar-refractivity contribution in [1.29, 1.82) is 0 Å². The van der Waals surface area contributed by atoms with E-state index in [1.807, 2.05) is 102 Å². The second kappa shape index (κ2) is 10.5. The molecule has 1 fully saturated rings. The summed E-state index contributed by atoms with van der Waals surface area (Å²) in [5.41, 5.74) is 3.72. The lowest BCUT2D eigenvalue weighted by Gasteiger charge is -2.37. The van der Waals surface area contributed by atoms with Crippen LogP contribution >= 0.6 is 11.3 Å². The Morgan fingerprint density at radius 3 is 2.48 bits per heavy atom. The minimum Gasteiger partial charge on any atom is -0.352 e. The van der Waals surface area contributed by atoms with Gasteiger partial charge >= 0.3 is 0 Å². The van der Waals surface area contributed by atoms with Gasteiger partial charge in [0.2, 0.25) is 5.91 Å². The van der Waals surface area contributed by atoms with Crippen molar-refractivity contribution in [3.8, 4) is 0 Å². The number of fused-ring (bicyclic) bond motifs is 6. The number of thiophene rings is 1. The fourth-order valence-corrected chi connectivity index (χ4v) is 7.98. The fourth-order valence-electron chi connectivity index (χ4n) is 7.28. The zero-order chi connectivity index (χ0) is 28.8. The number of carbonyl (C=O) groups is 3. The minimum absolute atomic E-state index is 0.135. The van der Waals surface area contributed by atoms with Gasteiger partial charge in [0.25, 0.3) is 0 Å². The Morgan fingerprint density at radius 2 is 1.69 bits per heavy atom. The molecule has 0 aliphatic carbocycles. The molecule has 1 amide bonds. The quantitative estimate of drug-likeness (QED) is 0.177. The minimum atomic E-state index is -1.28. The lowest BCUT2D eigenvalue weighted by atomic mass is 9.64. The monoisotopic (exact) mass is 572 g/mol. The van der Waals surface area contributed by atoms with Gasteiger partial charge in [-0.2, -0.15) is 0 Å². The van der Waals surface area contributed by atoms with Gasteiger partial charge in [-0.25, -0.2) is 0 Å². The average Bonchev–Trinajstić information content (AvgIpc) is 3.74. The number of aryl methyl sites for hydroxylation is 1. The number of hydrogen-bond acceptors (Lipinski definition) is 5. The normalized spacial score (nSPS) is 23.4. The molecule has 1 spiro atoms. The number of unbranched alkanes of at least 4 members (excludes halogenated alkanes) is 2. The molecule has 1 saturated heterocycles. The number of Topliss-reactive ketones (excluding diaryl/α,β-unsaturated/α-hetero) is 2. The van der Waals surface area contributed by atoms with Crippen molar-refractivity contribution in [2.75, 3.05) is 10.2 Å². The maximum absolute atomic E-state index is 14.9. The van der Waals surface area contributed by atoms with Crippen molar-refractivity contribution in [3.63, 3.8) is 0 Å². The van der Waals surface area contributed by atoms with Gasteiger partial charge < -0.3 is 10.2 Å². The van der Waals surface area contributed by atoms with Crippen LogP contribution in [0.2, 0.25) is 0 Å². The van der Waals surface area contributed by atoms with E-state index < -0.39 is 23.4 Å². The van der Waals surface area contributed by atoms with Gasteiger partial charge in [0.05, 0.1) is 16.8 Å². The zero-order valence-electron chi connectivity index (χ0n) is 23.5. The number of para-hydroxylation sites is 2. The second-order valence-corrected chi connectivity index (χ2v) is 12.4. The van der Waals surface area contributed by atoms with E-state index >= 15 is 0 Å². The Hall–Kier alpha value is -4.29. The van der Waals surface area contributed by atoms with Crippen LogP contribution in [-0.4, -0.2) is 29.6 Å². The summed E-state index contributed by atoms with van der Waals surface area (Å²) in [7, 11) is 0. The molecular weight excluding hydrogens is 540 g/mol. The number of nitrogens with zero attached hydrogens (tertiary/aromatic N) is 1. The van der Waals surface area contributed by atoms with E-state index in [0.29, 0.717) is 16.1 Å². The van der Waals surface area contributed by atoms with Gasteiger partial charge in [0.1, 0.15) is 11.5 Å². The summed E-state index contributed by atoms with van der Waals surface area (Å²) in [6, 6.07) is 25.6. The maximum atomic E-state index is 14.9. The van der Waals surface area contributed by atoms with E-state index in [4.69, 9.17) is 0 Å². The van der Waals surface area contributed by atoms with E-state index in [2.05, 4.69) is 17.1 Å². The van der Waals surface area contributed by atoms with E-state index in [1.54, 1.807) is 0 Å². The first-order valence-corrected chi connectivity index (χ1v) is 15.6. The number of amides is 1. The van der Waals surface area contributed by atoms with Gasteiger partial charge in [-0.05, 0) is 53.1 Å². The highest BCUT2D eigenvalue weighted by Gasteiger charge is 2.70. The first kappa shape index (κ1) is 26.6. The van der Waals surface area contributed by atoms with Crippen molar-refractivity contribution in [2.45, 2.75) is 50.1 Å². The number of nitrogens with one attached hydrogen (secondary N) is 1. The summed E-state index contributed by atoms with van der Waals surface area (Å²) in [4.78, 5) is 46.5. The van der Waals surface area contributed by atoms with Gasteiger partial charge in [0.15, 0.2) is 11.6 Å². The van der Waals surface area contributed by atoms with Crippen LogP contribution in [0.15, 0.2) is 96.4 Å². The third-order valence-electron chi connectivity index (χ3n) is 9.16. The molecule has 6 heteroatoms. The van der Waals surface area contributed by atoms with Gasteiger partial charge in [-0.1, -0.05) is 98.6 Å². The van der Waals surface area contributed by atoms with Crippen LogP contribution < -0.4 is 10.2 Å². The molecule has 7 rings (SSSR count).